The number of carbonyl (C=O) groups excluding carboxylic acids is 2. The molecule has 0 saturated carbocycles. The average molecular weight is 720 g/mol. The number of nitrogens with zero attached hydrogens (tertiary/aromatic N) is 3. The monoisotopic (exact) mass is 719 g/mol. The molecule has 1 amide bonds. The summed E-state index contributed by atoms with van der Waals surface area (Å²) in [6, 6.07) is 18.9. The lowest BCUT2D eigenvalue weighted by Gasteiger charge is -2.36. The highest BCUT2D eigenvalue weighted by Gasteiger charge is 2.43. The van der Waals surface area contributed by atoms with Crippen molar-refractivity contribution >= 4 is 57.4 Å². The maximum absolute atomic E-state index is 16.5. The fraction of sp³-hybridized carbons (Fsp3) is 0.344. The standard InChI is InChI=1S/C32H32ClFIN3O3S/c1-5-38-17-25(28(36-38)32(4,34)30(40)41-19-20-11-7-6-8-12-20)22-14-10-9-13-21(22)24-16-37(29(39)31(2,3)35)18-26-23(24)15-27(33)42-26/h6-15,17,24H,5,16,18-19H2,1-4H3/t24-,32?/m0/s1. The molecule has 10 heteroatoms. The zero-order valence-electron chi connectivity index (χ0n) is 23.9. The molecule has 1 aliphatic heterocycles. The predicted molar refractivity (Wildman–Crippen MR) is 173 cm³/mol. The largest absolute Gasteiger partial charge is 0.458 e. The molecule has 1 unspecified atom stereocenters. The van der Waals surface area contributed by atoms with Crippen molar-refractivity contribution in [3.05, 3.63) is 98.5 Å². The van der Waals surface area contributed by atoms with Gasteiger partial charge in [0.15, 0.2) is 0 Å². The van der Waals surface area contributed by atoms with Gasteiger partial charge in [-0.1, -0.05) is 88.8 Å². The first-order valence-corrected chi connectivity index (χ1v) is 16.0. The highest BCUT2D eigenvalue weighted by Crippen LogP contribution is 2.45. The Kier molecular flexibility index (Phi) is 8.83. The van der Waals surface area contributed by atoms with E-state index in [1.807, 2.05) is 86.3 Å². The van der Waals surface area contributed by atoms with Crippen molar-refractivity contribution in [2.45, 2.75) is 62.4 Å². The summed E-state index contributed by atoms with van der Waals surface area (Å²) >= 11 is 10.1. The van der Waals surface area contributed by atoms with Gasteiger partial charge in [-0.15, -0.1) is 11.3 Å². The Hall–Kier alpha value is -2.76. The van der Waals surface area contributed by atoms with E-state index in [4.69, 9.17) is 16.3 Å². The number of aryl methyl sites for hydroxylation is 1. The Labute approximate surface area is 268 Å². The molecule has 0 N–H and O–H groups in total. The molecule has 1 aliphatic rings. The molecule has 0 saturated heterocycles. The Morgan fingerprint density at radius 1 is 1.10 bits per heavy atom. The number of esters is 1. The molecule has 5 rings (SSSR count). The van der Waals surface area contributed by atoms with Crippen LogP contribution in [0.1, 0.15) is 60.9 Å². The minimum absolute atomic E-state index is 0.00410. The number of amides is 1. The first-order valence-electron chi connectivity index (χ1n) is 13.7. The maximum Gasteiger partial charge on any atom is 0.350 e. The Morgan fingerprint density at radius 2 is 1.79 bits per heavy atom. The van der Waals surface area contributed by atoms with Gasteiger partial charge in [-0.25, -0.2) is 9.18 Å². The molecule has 0 fully saturated rings. The highest BCUT2D eigenvalue weighted by atomic mass is 127. The maximum atomic E-state index is 16.5. The van der Waals surface area contributed by atoms with Crippen LogP contribution in [0.25, 0.3) is 11.1 Å². The van der Waals surface area contributed by atoms with E-state index in [0.29, 0.717) is 29.5 Å². The molecule has 220 valence electrons. The fourth-order valence-electron chi connectivity index (χ4n) is 5.31. The van der Waals surface area contributed by atoms with Gasteiger partial charge in [0.05, 0.1) is 14.3 Å². The lowest BCUT2D eigenvalue weighted by molar-refractivity contribution is -0.159. The minimum atomic E-state index is -2.51. The summed E-state index contributed by atoms with van der Waals surface area (Å²) in [5, 5.41) is 4.52. The molecule has 0 aliphatic carbocycles. The second-order valence-electron chi connectivity index (χ2n) is 11.0. The van der Waals surface area contributed by atoms with Crippen molar-refractivity contribution in [2.75, 3.05) is 6.54 Å². The Balaban J connectivity index is 1.56. The van der Waals surface area contributed by atoms with E-state index in [-0.39, 0.29) is 24.1 Å². The zero-order chi connectivity index (χ0) is 30.2. The van der Waals surface area contributed by atoms with Crippen molar-refractivity contribution in [3.63, 3.8) is 0 Å². The average Bonchev–Trinajstić information content (AvgIpc) is 3.58. The van der Waals surface area contributed by atoms with Crippen LogP contribution in [0.4, 0.5) is 4.39 Å². The van der Waals surface area contributed by atoms with Crippen LogP contribution in [-0.2, 0) is 39.7 Å². The summed E-state index contributed by atoms with van der Waals surface area (Å²) in [4.78, 5) is 29.5. The number of aromatic nitrogens is 2. The molecule has 0 radical (unpaired) electrons. The molecular weight excluding hydrogens is 688 g/mol. The van der Waals surface area contributed by atoms with E-state index in [1.54, 1.807) is 10.9 Å². The van der Waals surface area contributed by atoms with Crippen LogP contribution in [0.2, 0.25) is 4.34 Å². The van der Waals surface area contributed by atoms with Gasteiger partial charge < -0.3 is 9.64 Å². The third kappa shape index (κ3) is 6.14. The van der Waals surface area contributed by atoms with Gasteiger partial charge in [0.25, 0.3) is 0 Å². The van der Waals surface area contributed by atoms with Gasteiger partial charge in [0, 0.05) is 35.6 Å². The number of halogens is 3. The minimum Gasteiger partial charge on any atom is -0.458 e. The van der Waals surface area contributed by atoms with Crippen LogP contribution in [0.5, 0.6) is 0 Å². The smallest absolute Gasteiger partial charge is 0.350 e. The molecule has 4 aromatic rings. The van der Waals surface area contributed by atoms with Crippen molar-refractivity contribution in [2.24, 2.45) is 0 Å². The first-order chi connectivity index (χ1) is 19.9. The van der Waals surface area contributed by atoms with E-state index in [2.05, 4.69) is 27.7 Å². The molecule has 2 atom stereocenters. The van der Waals surface area contributed by atoms with Gasteiger partial charge in [-0.2, -0.15) is 5.10 Å². The number of alkyl halides is 2. The first kappa shape index (κ1) is 30.7. The number of carbonyl (C=O) groups is 2. The van der Waals surface area contributed by atoms with Crippen LogP contribution >= 0.6 is 45.5 Å². The van der Waals surface area contributed by atoms with Crippen molar-refractivity contribution in [3.8, 4) is 11.1 Å². The van der Waals surface area contributed by atoms with E-state index in [0.717, 1.165) is 27.1 Å². The topological polar surface area (TPSA) is 64.4 Å². The predicted octanol–water partition coefficient (Wildman–Crippen LogP) is 7.90. The molecular formula is C32H32ClFIN3O3S. The van der Waals surface area contributed by atoms with E-state index < -0.39 is 15.1 Å². The lowest BCUT2D eigenvalue weighted by atomic mass is 9.83. The van der Waals surface area contributed by atoms with Gasteiger partial charge in [0.1, 0.15) is 12.3 Å². The number of ether oxygens (including phenoxy) is 1. The zero-order valence-corrected chi connectivity index (χ0v) is 27.6. The Morgan fingerprint density at radius 3 is 2.48 bits per heavy atom. The second kappa shape index (κ2) is 12.1. The third-order valence-electron chi connectivity index (χ3n) is 7.47. The highest BCUT2D eigenvalue weighted by molar-refractivity contribution is 14.1. The summed E-state index contributed by atoms with van der Waals surface area (Å²) in [5.41, 5.74) is 1.47. The second-order valence-corrected chi connectivity index (χ2v) is 15.5. The Bertz CT molecular complexity index is 1610. The van der Waals surface area contributed by atoms with Gasteiger partial charge in [-0.3, -0.25) is 9.48 Å². The number of rotatable bonds is 8. The molecule has 2 aromatic heterocycles. The molecule has 2 aromatic carbocycles. The summed E-state index contributed by atoms with van der Waals surface area (Å²) < 4.78 is 23.6. The van der Waals surface area contributed by atoms with Gasteiger partial charge in [-0.05, 0) is 56.0 Å². The quantitative estimate of drug-likeness (QED) is 0.106. The number of hydrogen-bond acceptors (Lipinski definition) is 5. The molecule has 6 nitrogen and oxygen atoms in total. The fourth-order valence-corrected chi connectivity index (χ4v) is 7.01. The number of thiophene rings is 1. The molecule has 42 heavy (non-hydrogen) atoms. The summed E-state index contributed by atoms with van der Waals surface area (Å²) in [6.45, 7) is 8.31. The SMILES string of the molecule is CCn1cc(-c2ccccc2[C@@H]2CN(C(=O)C(C)(C)I)Cc3sc(Cl)cc32)c(C(C)(F)C(=O)OCc2ccccc2)n1. The van der Waals surface area contributed by atoms with Crippen molar-refractivity contribution < 1.29 is 18.7 Å². The van der Waals surface area contributed by atoms with E-state index >= 15 is 4.39 Å². The van der Waals surface area contributed by atoms with Crippen LogP contribution in [-0.4, -0.2) is 36.5 Å². The summed E-state index contributed by atoms with van der Waals surface area (Å²) in [7, 11) is 0. The van der Waals surface area contributed by atoms with Crippen LogP contribution < -0.4 is 0 Å². The third-order valence-corrected chi connectivity index (χ3v) is 9.20. The number of fused-ring (bicyclic) bond motifs is 1. The molecule has 0 bridgehead atoms. The van der Waals surface area contributed by atoms with Crippen LogP contribution in [0.3, 0.4) is 0 Å². The molecule has 0 spiro atoms. The van der Waals surface area contributed by atoms with E-state index in [9.17, 15) is 9.59 Å². The summed E-state index contributed by atoms with van der Waals surface area (Å²) in [6.07, 6.45) is 1.78. The van der Waals surface area contributed by atoms with Crippen LogP contribution in [0, 0.1) is 0 Å². The van der Waals surface area contributed by atoms with Crippen LogP contribution in [0.15, 0.2) is 66.9 Å². The molecule has 3 heterocycles. The van der Waals surface area contributed by atoms with Crippen molar-refractivity contribution in [1.29, 1.82) is 0 Å². The normalized spacial score (nSPS) is 16.5. The van der Waals surface area contributed by atoms with Gasteiger partial charge in [0.2, 0.25) is 11.6 Å². The van der Waals surface area contributed by atoms with E-state index in [1.165, 1.54) is 18.3 Å². The number of benzene rings is 2. The van der Waals surface area contributed by atoms with Crippen molar-refractivity contribution in [1.82, 2.24) is 14.7 Å². The number of hydrogen-bond donors (Lipinski definition) is 0. The lowest BCUT2D eigenvalue weighted by Crippen LogP contribution is -2.45. The van der Waals surface area contributed by atoms with Gasteiger partial charge >= 0.3 is 5.97 Å². The summed E-state index contributed by atoms with van der Waals surface area (Å²) in [5.74, 6) is -1.17.